The molecule has 0 N–H and O–H groups in total. The maximum atomic E-state index is 12.2. The Morgan fingerprint density at radius 1 is 1.05 bits per heavy atom. The Morgan fingerprint density at radius 2 is 1.59 bits per heavy atom. The molecule has 2 unspecified atom stereocenters. The van der Waals surface area contributed by atoms with Gasteiger partial charge in [-0.3, -0.25) is 0 Å². The molecule has 0 heterocycles. The molecular weight excluding hydrogens is 298 g/mol. The minimum absolute atomic E-state index is 0.0213. The third kappa shape index (κ3) is 4.21. The normalized spacial score (nSPS) is 24.7. The van der Waals surface area contributed by atoms with Gasteiger partial charge in [0.05, 0.1) is 23.5 Å². The van der Waals surface area contributed by atoms with E-state index in [2.05, 4.69) is 13.0 Å². The molecule has 0 saturated heterocycles. The van der Waals surface area contributed by atoms with Gasteiger partial charge >= 0.3 is 0 Å². The molecule has 1 rings (SSSR count). The fourth-order valence-corrected chi connectivity index (χ4v) is 5.06. The van der Waals surface area contributed by atoms with Crippen molar-refractivity contribution in [2.45, 2.75) is 62.9 Å². The highest BCUT2D eigenvalue weighted by Gasteiger charge is 2.38. The number of sulfone groups is 1. The quantitative estimate of drug-likeness (QED) is 0.747. The Hall–Kier alpha value is -1.58. The number of nitrogens with zero attached hydrogens (tertiary/aromatic N) is 3. The highest BCUT2D eigenvalue weighted by molar-refractivity contribution is 7.93. The fraction of sp³-hybridized carbons (Fsp3) is 0.812. The van der Waals surface area contributed by atoms with Crippen LogP contribution < -0.4 is 0 Å². The lowest BCUT2D eigenvalue weighted by atomic mass is 9.75. The van der Waals surface area contributed by atoms with Crippen LogP contribution in [0.2, 0.25) is 0 Å². The first kappa shape index (κ1) is 18.5. The molecule has 22 heavy (non-hydrogen) atoms. The number of nitriles is 3. The van der Waals surface area contributed by atoms with Crippen LogP contribution in [0.3, 0.4) is 0 Å². The molecule has 0 aliphatic heterocycles. The van der Waals surface area contributed by atoms with E-state index in [4.69, 9.17) is 15.8 Å². The molecule has 1 saturated carbocycles. The Bertz CT molecular complexity index is 572. The molecule has 0 aromatic rings. The average Bonchev–Trinajstić information content (AvgIpc) is 2.53. The molecule has 0 aromatic carbocycles. The highest BCUT2D eigenvalue weighted by Crippen LogP contribution is 2.37. The van der Waals surface area contributed by atoms with Crippen molar-refractivity contribution in [3.8, 4) is 18.2 Å². The lowest BCUT2D eigenvalue weighted by Gasteiger charge is -2.34. The zero-order valence-corrected chi connectivity index (χ0v) is 14.0. The first-order chi connectivity index (χ1) is 10.4. The van der Waals surface area contributed by atoms with E-state index in [1.165, 1.54) is 0 Å². The number of rotatable bonds is 6. The first-order valence-electron chi connectivity index (χ1n) is 7.82. The van der Waals surface area contributed by atoms with Crippen LogP contribution in [0.1, 0.15) is 52.4 Å². The van der Waals surface area contributed by atoms with Gasteiger partial charge in [0.15, 0.2) is 9.84 Å². The van der Waals surface area contributed by atoms with E-state index in [1.54, 1.807) is 12.1 Å². The largest absolute Gasteiger partial charge is 0.233 e. The Balaban J connectivity index is 2.69. The van der Waals surface area contributed by atoms with Crippen LogP contribution in [-0.4, -0.2) is 18.9 Å². The molecular formula is C16H23N3O2S. The molecule has 0 amide bonds. The molecule has 120 valence electrons. The molecule has 1 fully saturated rings. The topological polar surface area (TPSA) is 106 Å². The third-order valence-electron chi connectivity index (χ3n) is 4.81. The Kier molecular flexibility index (Phi) is 6.85. The van der Waals surface area contributed by atoms with Crippen LogP contribution in [-0.2, 0) is 9.84 Å². The van der Waals surface area contributed by atoms with E-state index in [1.807, 2.05) is 6.92 Å². The first-order valence-corrected chi connectivity index (χ1v) is 9.43. The summed E-state index contributed by atoms with van der Waals surface area (Å²) in [6.45, 7) is 4.03. The maximum absolute atomic E-state index is 12.2. The second-order valence-electron chi connectivity index (χ2n) is 6.20. The Labute approximate surface area is 133 Å². The van der Waals surface area contributed by atoms with E-state index in [0.29, 0.717) is 24.7 Å². The van der Waals surface area contributed by atoms with Crippen LogP contribution in [0.4, 0.5) is 0 Å². The van der Waals surface area contributed by atoms with Gasteiger partial charge in [0.25, 0.3) is 0 Å². The van der Waals surface area contributed by atoms with Crippen molar-refractivity contribution in [2.24, 2.45) is 17.8 Å². The molecule has 0 radical (unpaired) electrons. The summed E-state index contributed by atoms with van der Waals surface area (Å²) in [5.74, 6) is 0.906. The van der Waals surface area contributed by atoms with Gasteiger partial charge in [0, 0.05) is 5.92 Å². The standard InChI is InChI=1S/C16H23N3O2S/c1-3-13(8-12(2)9-17)14-4-6-15(7-5-14)22(20,21)16(10-18)11-19/h12-16H,3-8H2,1-2H3. The lowest BCUT2D eigenvalue weighted by Crippen LogP contribution is -2.35. The van der Waals surface area contributed by atoms with Gasteiger partial charge < -0.3 is 0 Å². The summed E-state index contributed by atoms with van der Waals surface area (Å²) in [5, 5.41) is 24.5. The van der Waals surface area contributed by atoms with Crippen LogP contribution in [0, 0.1) is 51.7 Å². The average molecular weight is 321 g/mol. The minimum atomic E-state index is -3.68. The second-order valence-corrected chi connectivity index (χ2v) is 8.51. The van der Waals surface area contributed by atoms with Gasteiger partial charge in [-0.1, -0.05) is 13.3 Å². The molecule has 1 aliphatic rings. The summed E-state index contributed by atoms with van der Waals surface area (Å²) in [6, 6.07) is 5.43. The van der Waals surface area contributed by atoms with Crippen LogP contribution >= 0.6 is 0 Å². The van der Waals surface area contributed by atoms with Crippen molar-refractivity contribution in [1.82, 2.24) is 0 Å². The summed E-state index contributed by atoms with van der Waals surface area (Å²) in [7, 11) is -3.68. The van der Waals surface area contributed by atoms with Crippen molar-refractivity contribution in [1.29, 1.82) is 15.8 Å². The van der Waals surface area contributed by atoms with Gasteiger partial charge in [-0.25, -0.2) is 8.42 Å². The van der Waals surface area contributed by atoms with Crippen LogP contribution in [0.5, 0.6) is 0 Å². The SMILES string of the molecule is CCC(CC(C)C#N)C1CCC(S(=O)(=O)C(C#N)C#N)CC1. The second kappa shape index (κ2) is 8.16. The zero-order chi connectivity index (χ0) is 16.8. The van der Waals surface area contributed by atoms with Gasteiger partial charge in [0.2, 0.25) is 5.25 Å². The summed E-state index contributed by atoms with van der Waals surface area (Å²) in [5.41, 5.74) is 0. The van der Waals surface area contributed by atoms with Crippen molar-refractivity contribution in [3.05, 3.63) is 0 Å². The van der Waals surface area contributed by atoms with Gasteiger partial charge in [-0.05, 0) is 50.9 Å². The Morgan fingerprint density at radius 3 is 2.00 bits per heavy atom. The summed E-state index contributed by atoms with van der Waals surface area (Å²) in [6.07, 6.45) is 4.48. The van der Waals surface area contributed by atoms with E-state index in [-0.39, 0.29) is 5.92 Å². The van der Waals surface area contributed by atoms with Crippen molar-refractivity contribution in [3.63, 3.8) is 0 Å². The molecule has 6 heteroatoms. The number of hydrogen-bond acceptors (Lipinski definition) is 5. The lowest BCUT2D eigenvalue weighted by molar-refractivity contribution is 0.219. The summed E-state index contributed by atoms with van der Waals surface area (Å²) in [4.78, 5) is 0. The van der Waals surface area contributed by atoms with Gasteiger partial charge in [0.1, 0.15) is 0 Å². The molecule has 0 aromatic heterocycles. The van der Waals surface area contributed by atoms with E-state index < -0.39 is 20.3 Å². The molecule has 5 nitrogen and oxygen atoms in total. The number of hydrogen-bond donors (Lipinski definition) is 0. The monoisotopic (exact) mass is 321 g/mol. The summed E-state index contributed by atoms with van der Waals surface area (Å²) < 4.78 is 24.5. The molecule has 0 spiro atoms. The molecule has 1 aliphatic carbocycles. The van der Waals surface area contributed by atoms with Crippen molar-refractivity contribution < 1.29 is 8.42 Å². The predicted molar refractivity (Wildman–Crippen MR) is 82.9 cm³/mol. The van der Waals surface area contributed by atoms with Crippen LogP contribution in [0.25, 0.3) is 0 Å². The molecule has 0 bridgehead atoms. The van der Waals surface area contributed by atoms with E-state index in [0.717, 1.165) is 25.7 Å². The van der Waals surface area contributed by atoms with Gasteiger partial charge in [-0.15, -0.1) is 0 Å². The predicted octanol–water partition coefficient (Wildman–Crippen LogP) is 2.95. The maximum Gasteiger partial charge on any atom is 0.233 e. The minimum Gasteiger partial charge on any atom is -0.226 e. The van der Waals surface area contributed by atoms with E-state index in [9.17, 15) is 8.42 Å². The fourth-order valence-electron chi connectivity index (χ4n) is 3.46. The van der Waals surface area contributed by atoms with Gasteiger partial charge in [-0.2, -0.15) is 15.8 Å². The smallest absolute Gasteiger partial charge is 0.226 e. The summed E-state index contributed by atoms with van der Waals surface area (Å²) >= 11 is 0. The van der Waals surface area contributed by atoms with Crippen molar-refractivity contribution in [2.75, 3.05) is 0 Å². The third-order valence-corrected chi connectivity index (χ3v) is 7.08. The zero-order valence-electron chi connectivity index (χ0n) is 13.2. The van der Waals surface area contributed by atoms with Crippen LogP contribution in [0.15, 0.2) is 0 Å². The van der Waals surface area contributed by atoms with E-state index >= 15 is 0 Å². The highest BCUT2D eigenvalue weighted by atomic mass is 32.2. The molecule has 2 atom stereocenters. The van der Waals surface area contributed by atoms with Crippen molar-refractivity contribution >= 4 is 9.84 Å².